The van der Waals surface area contributed by atoms with Gasteiger partial charge in [-0.3, -0.25) is 0 Å². The molecule has 1 aliphatic heterocycles. The van der Waals surface area contributed by atoms with Gasteiger partial charge in [0, 0.05) is 25.1 Å². The third-order valence-corrected chi connectivity index (χ3v) is 9.39. The molecular weight excluding hydrogens is 568 g/mol. The maximum Gasteiger partial charge on any atom is 0.184 e. The minimum absolute atomic E-state index is 0.0458. The molecule has 1 heterocycles. The lowest BCUT2D eigenvalue weighted by atomic mass is 9.98. The normalized spacial score (nSPS) is 18.3. The highest BCUT2D eigenvalue weighted by Gasteiger charge is 2.33. The van der Waals surface area contributed by atoms with Crippen molar-refractivity contribution in [3.05, 3.63) is 95.1 Å². The topological polar surface area (TPSA) is 68.0 Å². The van der Waals surface area contributed by atoms with E-state index in [1.807, 2.05) is 12.1 Å². The molecule has 1 aliphatic rings. The van der Waals surface area contributed by atoms with E-state index < -0.39 is 6.29 Å². The third kappa shape index (κ3) is 11.9. The van der Waals surface area contributed by atoms with Gasteiger partial charge >= 0.3 is 0 Å². The summed E-state index contributed by atoms with van der Waals surface area (Å²) in [6, 6.07) is 25.2. The average molecular weight is 629 g/mol. The zero-order chi connectivity index (χ0) is 32.4. The first kappa shape index (κ1) is 36.3. The number of nitrogens with two attached hydrogens (primary N) is 1. The molecule has 0 unspecified atom stereocenters. The zero-order valence-corrected chi connectivity index (χ0v) is 28.7. The molecule has 0 radical (unpaired) electrons. The van der Waals surface area contributed by atoms with Crippen LogP contribution in [0.2, 0.25) is 0 Å². The first-order chi connectivity index (χ1) is 22.6. The summed E-state index contributed by atoms with van der Waals surface area (Å²) in [5.74, 6) is 0. The molecule has 0 aliphatic carbocycles. The summed E-state index contributed by atoms with van der Waals surface area (Å²) < 4.78 is 13.6. The van der Waals surface area contributed by atoms with E-state index >= 15 is 0 Å². The lowest BCUT2D eigenvalue weighted by Crippen LogP contribution is -2.40. The molecule has 252 valence electrons. The van der Waals surface area contributed by atoms with Gasteiger partial charge in [-0.05, 0) is 65.9 Å². The molecule has 3 N–H and O–H groups in total. The average Bonchev–Trinajstić information content (AvgIpc) is 3.11. The van der Waals surface area contributed by atoms with E-state index in [4.69, 9.17) is 15.2 Å². The molecule has 3 aromatic rings. The van der Waals surface area contributed by atoms with Crippen molar-refractivity contribution in [3.8, 4) is 11.1 Å². The monoisotopic (exact) mass is 628 g/mol. The summed E-state index contributed by atoms with van der Waals surface area (Å²) in [6.45, 7) is 8.33. The molecule has 0 spiro atoms. The number of hydrogen-bond donors (Lipinski definition) is 2. The summed E-state index contributed by atoms with van der Waals surface area (Å²) in [7, 11) is 0. The Labute approximate surface area is 279 Å². The molecule has 0 amide bonds. The number of unbranched alkanes of at least 4 members (excludes halogenated alkanes) is 10. The highest BCUT2D eigenvalue weighted by atomic mass is 16.7. The van der Waals surface area contributed by atoms with Crippen LogP contribution in [0.4, 0.5) is 0 Å². The Balaban J connectivity index is 1.50. The predicted molar refractivity (Wildman–Crippen MR) is 191 cm³/mol. The molecule has 1 fully saturated rings. The Morgan fingerprint density at radius 1 is 0.674 bits per heavy atom. The Morgan fingerprint density at radius 3 is 1.91 bits per heavy atom. The van der Waals surface area contributed by atoms with Crippen LogP contribution in [0.3, 0.4) is 0 Å². The van der Waals surface area contributed by atoms with Gasteiger partial charge < -0.3 is 25.2 Å². The van der Waals surface area contributed by atoms with Crippen LogP contribution in [0.1, 0.15) is 132 Å². The Morgan fingerprint density at radius 2 is 1.28 bits per heavy atom. The van der Waals surface area contributed by atoms with Crippen molar-refractivity contribution in [1.82, 2.24) is 4.90 Å². The van der Waals surface area contributed by atoms with Gasteiger partial charge in [-0.25, -0.2) is 0 Å². The van der Waals surface area contributed by atoms with E-state index in [-0.39, 0.29) is 18.8 Å². The number of hydrogen-bond acceptors (Lipinski definition) is 5. The minimum Gasteiger partial charge on any atom is -0.392 e. The lowest BCUT2D eigenvalue weighted by molar-refractivity contribution is -0.253. The SMILES string of the molecule is CCCCCCCCN(CCCCCCCC)C[C@H]1C[C@@H](c2ccc(CO)cc2)O[C@@H](c2cccc(-c3cccc(CN)c3)c2)O1. The van der Waals surface area contributed by atoms with Crippen LogP contribution in [0.25, 0.3) is 11.1 Å². The van der Waals surface area contributed by atoms with Crippen molar-refractivity contribution >= 4 is 0 Å². The first-order valence-corrected chi connectivity index (χ1v) is 18.3. The summed E-state index contributed by atoms with van der Waals surface area (Å²) in [6.07, 6.45) is 16.1. The molecule has 5 heteroatoms. The van der Waals surface area contributed by atoms with Crippen molar-refractivity contribution in [2.45, 2.75) is 129 Å². The molecule has 0 aromatic heterocycles. The summed E-state index contributed by atoms with van der Waals surface area (Å²) in [5, 5.41) is 9.62. The van der Waals surface area contributed by atoms with Gasteiger partial charge in [0.1, 0.15) is 0 Å². The van der Waals surface area contributed by atoms with Gasteiger partial charge in [-0.1, -0.05) is 139 Å². The second-order valence-corrected chi connectivity index (χ2v) is 13.2. The highest BCUT2D eigenvalue weighted by Crippen LogP contribution is 2.39. The fraction of sp³-hybridized carbons (Fsp3) is 0.561. The van der Waals surface area contributed by atoms with Gasteiger partial charge in [0.25, 0.3) is 0 Å². The van der Waals surface area contributed by atoms with Gasteiger partial charge in [-0.2, -0.15) is 0 Å². The Hall–Kier alpha value is -2.54. The van der Waals surface area contributed by atoms with Crippen LogP contribution in [-0.2, 0) is 22.6 Å². The van der Waals surface area contributed by atoms with Crippen molar-refractivity contribution < 1.29 is 14.6 Å². The maximum absolute atomic E-state index is 9.62. The zero-order valence-electron chi connectivity index (χ0n) is 28.7. The Bertz CT molecular complexity index is 1230. The second kappa shape index (κ2) is 20.6. The van der Waals surface area contributed by atoms with Gasteiger partial charge in [0.05, 0.1) is 18.8 Å². The standard InChI is InChI=1S/C41H60N2O3/c1-3-5-7-9-11-13-25-43(26-14-12-10-8-6-4-2)31-39-29-40(35-23-21-33(32-44)22-24-35)46-41(45-39)38-20-16-19-37(28-38)36-18-15-17-34(27-36)30-42/h15-24,27-28,39-41,44H,3-14,25-26,29-32,42H2,1-2H3/t39-,40+,41+/m1/s1. The molecule has 0 bridgehead atoms. The van der Waals surface area contributed by atoms with E-state index in [1.54, 1.807) is 0 Å². The largest absolute Gasteiger partial charge is 0.392 e. The number of nitrogens with zero attached hydrogens (tertiary/aromatic N) is 1. The fourth-order valence-corrected chi connectivity index (χ4v) is 6.59. The van der Waals surface area contributed by atoms with Crippen LogP contribution in [0, 0.1) is 0 Å². The van der Waals surface area contributed by atoms with Crippen molar-refractivity contribution in [2.24, 2.45) is 5.73 Å². The fourth-order valence-electron chi connectivity index (χ4n) is 6.59. The van der Waals surface area contributed by atoms with Gasteiger partial charge in [0.15, 0.2) is 6.29 Å². The molecular formula is C41H60N2O3. The molecule has 1 saturated heterocycles. The number of aliphatic hydroxyl groups is 1. The van der Waals surface area contributed by atoms with Crippen LogP contribution in [0.15, 0.2) is 72.8 Å². The number of benzene rings is 3. The van der Waals surface area contributed by atoms with E-state index in [0.29, 0.717) is 6.54 Å². The Kier molecular flexibility index (Phi) is 16.3. The molecule has 3 atom stereocenters. The highest BCUT2D eigenvalue weighted by molar-refractivity contribution is 5.65. The lowest BCUT2D eigenvalue weighted by Gasteiger charge is -2.38. The minimum atomic E-state index is -0.455. The van der Waals surface area contributed by atoms with E-state index in [9.17, 15) is 5.11 Å². The summed E-state index contributed by atoms with van der Waals surface area (Å²) in [5.41, 5.74) is 12.4. The maximum atomic E-state index is 9.62. The van der Waals surface area contributed by atoms with Crippen molar-refractivity contribution in [1.29, 1.82) is 0 Å². The second-order valence-electron chi connectivity index (χ2n) is 13.2. The molecule has 3 aromatic carbocycles. The summed E-state index contributed by atoms with van der Waals surface area (Å²) >= 11 is 0. The van der Waals surface area contributed by atoms with Gasteiger partial charge in [0.2, 0.25) is 0 Å². The predicted octanol–water partition coefficient (Wildman–Crippen LogP) is 9.87. The van der Waals surface area contributed by atoms with Gasteiger partial charge in [-0.15, -0.1) is 0 Å². The van der Waals surface area contributed by atoms with Crippen LogP contribution >= 0.6 is 0 Å². The molecule has 4 rings (SSSR count). The van der Waals surface area contributed by atoms with Crippen molar-refractivity contribution in [3.63, 3.8) is 0 Å². The van der Waals surface area contributed by atoms with Crippen molar-refractivity contribution in [2.75, 3.05) is 19.6 Å². The van der Waals surface area contributed by atoms with E-state index in [2.05, 4.69) is 79.4 Å². The number of aliphatic hydroxyl groups excluding tert-OH is 1. The van der Waals surface area contributed by atoms with E-state index in [0.717, 1.165) is 59.4 Å². The van der Waals surface area contributed by atoms with E-state index in [1.165, 1.54) is 77.0 Å². The number of ether oxygens (including phenoxy) is 2. The van der Waals surface area contributed by atoms with Crippen LogP contribution in [-0.4, -0.2) is 35.7 Å². The number of rotatable bonds is 21. The molecule has 46 heavy (non-hydrogen) atoms. The first-order valence-electron chi connectivity index (χ1n) is 18.3. The smallest absolute Gasteiger partial charge is 0.184 e. The molecule has 5 nitrogen and oxygen atoms in total. The summed E-state index contributed by atoms with van der Waals surface area (Å²) in [4.78, 5) is 2.67. The van der Waals surface area contributed by atoms with Crippen LogP contribution in [0.5, 0.6) is 0 Å². The molecule has 0 saturated carbocycles. The quantitative estimate of drug-likeness (QED) is 0.115. The van der Waals surface area contributed by atoms with Crippen LogP contribution < -0.4 is 5.73 Å². The third-order valence-electron chi connectivity index (χ3n) is 9.39.